The molecule has 2 amide bonds. The number of amides is 2. The summed E-state index contributed by atoms with van der Waals surface area (Å²) in [5, 5.41) is 3.11. The molecule has 1 aliphatic heterocycles. The van der Waals surface area contributed by atoms with Crippen molar-refractivity contribution in [1.82, 2.24) is 4.90 Å². The highest BCUT2D eigenvalue weighted by Gasteiger charge is 2.46. The van der Waals surface area contributed by atoms with Crippen LogP contribution in [0.2, 0.25) is 0 Å². The summed E-state index contributed by atoms with van der Waals surface area (Å²) in [5.74, 6) is 0.122. The molecule has 1 aliphatic rings. The molecule has 1 saturated heterocycles. The number of ether oxygens (including phenoxy) is 1. The number of nitrogens with one attached hydrogen (secondary N) is 1. The van der Waals surface area contributed by atoms with Crippen molar-refractivity contribution >= 4 is 17.7 Å². The van der Waals surface area contributed by atoms with Crippen LogP contribution in [0.1, 0.15) is 56.2 Å². The summed E-state index contributed by atoms with van der Waals surface area (Å²) >= 11 is 0. The summed E-state index contributed by atoms with van der Waals surface area (Å²) in [6.07, 6.45) is 0.940. The number of carbonyl (C=O) groups excluding carboxylic acids is 2. The van der Waals surface area contributed by atoms with Crippen molar-refractivity contribution in [1.29, 1.82) is 0 Å². The molecule has 5 heteroatoms. The van der Waals surface area contributed by atoms with E-state index in [1.807, 2.05) is 62.4 Å². The summed E-state index contributed by atoms with van der Waals surface area (Å²) in [6.45, 7) is 8.74. The second-order valence-electron chi connectivity index (χ2n) is 8.22. The first-order chi connectivity index (χ1) is 13.8. The quantitative estimate of drug-likeness (QED) is 0.754. The number of nitrogens with zero attached hydrogens (tertiary/aromatic N) is 1. The Morgan fingerprint density at radius 2 is 1.86 bits per heavy atom. The third-order valence-corrected chi connectivity index (χ3v) is 5.72. The second-order valence-corrected chi connectivity index (χ2v) is 8.22. The molecule has 2 aromatic rings. The van der Waals surface area contributed by atoms with Gasteiger partial charge in [0.2, 0.25) is 5.91 Å². The molecule has 1 atom stereocenters. The average molecular weight is 395 g/mol. The van der Waals surface area contributed by atoms with Crippen LogP contribution in [0.15, 0.2) is 48.5 Å². The van der Waals surface area contributed by atoms with Gasteiger partial charge in [0.15, 0.2) is 0 Å². The first-order valence-corrected chi connectivity index (χ1v) is 10.2. The van der Waals surface area contributed by atoms with Crippen LogP contribution in [0.3, 0.4) is 0 Å². The molecule has 29 heavy (non-hydrogen) atoms. The van der Waals surface area contributed by atoms with Crippen LogP contribution in [0.5, 0.6) is 0 Å². The number of benzene rings is 2. The molecule has 3 rings (SSSR count). The van der Waals surface area contributed by atoms with E-state index in [4.69, 9.17) is 4.74 Å². The van der Waals surface area contributed by atoms with Gasteiger partial charge in [0.25, 0.3) is 0 Å². The third kappa shape index (κ3) is 4.44. The molecular weight excluding hydrogens is 364 g/mol. The highest BCUT2D eigenvalue weighted by molar-refractivity contribution is 6.01. The predicted octanol–water partition coefficient (Wildman–Crippen LogP) is 5.25. The molecule has 0 aliphatic carbocycles. The van der Waals surface area contributed by atoms with E-state index in [1.165, 1.54) is 0 Å². The number of hydrogen-bond donors (Lipinski definition) is 1. The van der Waals surface area contributed by atoms with E-state index in [-0.39, 0.29) is 18.4 Å². The minimum absolute atomic E-state index is 0.164. The van der Waals surface area contributed by atoms with Crippen LogP contribution in [0, 0.1) is 6.92 Å². The number of aryl methyl sites for hydroxylation is 1. The number of anilines is 1. The molecule has 0 aromatic heterocycles. The number of rotatable bonds is 5. The standard InChI is InChI=1S/C24H30N2O3/c1-17(2)20-13-8-10-18(3)21(20)25-22(27)24(4)14-9-15-26(24)23(28)29-16-19-11-6-5-7-12-19/h5-8,10-13,17H,9,14-16H2,1-4H3,(H,25,27). The fourth-order valence-electron chi connectivity index (χ4n) is 3.88. The van der Waals surface area contributed by atoms with Crippen molar-refractivity contribution < 1.29 is 14.3 Å². The maximum Gasteiger partial charge on any atom is 0.410 e. The molecule has 1 unspecified atom stereocenters. The maximum atomic E-state index is 13.3. The van der Waals surface area contributed by atoms with Gasteiger partial charge >= 0.3 is 6.09 Å². The Morgan fingerprint density at radius 1 is 1.14 bits per heavy atom. The zero-order chi connectivity index (χ0) is 21.0. The molecule has 1 N–H and O–H groups in total. The molecular formula is C24H30N2O3. The van der Waals surface area contributed by atoms with Gasteiger partial charge in [-0.15, -0.1) is 0 Å². The Labute approximate surface area is 173 Å². The Kier molecular flexibility index (Phi) is 6.26. The van der Waals surface area contributed by atoms with Gasteiger partial charge < -0.3 is 10.1 Å². The molecule has 0 bridgehead atoms. The van der Waals surface area contributed by atoms with Crippen molar-refractivity contribution in [3.05, 3.63) is 65.2 Å². The van der Waals surface area contributed by atoms with E-state index in [2.05, 4.69) is 19.2 Å². The second kappa shape index (κ2) is 8.68. The fourth-order valence-corrected chi connectivity index (χ4v) is 3.88. The van der Waals surface area contributed by atoms with Crippen molar-refractivity contribution in [3.63, 3.8) is 0 Å². The molecule has 154 valence electrons. The van der Waals surface area contributed by atoms with Crippen LogP contribution < -0.4 is 5.32 Å². The van der Waals surface area contributed by atoms with Gasteiger partial charge in [-0.25, -0.2) is 4.79 Å². The molecule has 5 nitrogen and oxygen atoms in total. The molecule has 0 spiro atoms. The Hall–Kier alpha value is -2.82. The molecule has 0 saturated carbocycles. The van der Waals surface area contributed by atoms with Crippen molar-refractivity contribution in [2.24, 2.45) is 0 Å². The van der Waals surface area contributed by atoms with Crippen LogP contribution in [0.25, 0.3) is 0 Å². The summed E-state index contributed by atoms with van der Waals surface area (Å²) in [5.41, 5.74) is 2.96. The van der Waals surface area contributed by atoms with E-state index in [0.29, 0.717) is 13.0 Å². The van der Waals surface area contributed by atoms with Crippen LogP contribution in [-0.4, -0.2) is 29.0 Å². The molecule has 1 fully saturated rings. The fraction of sp³-hybridized carbons (Fsp3) is 0.417. The maximum absolute atomic E-state index is 13.3. The van der Waals surface area contributed by atoms with Gasteiger partial charge in [-0.05, 0) is 49.3 Å². The highest BCUT2D eigenvalue weighted by atomic mass is 16.6. The van der Waals surface area contributed by atoms with Gasteiger partial charge in [-0.2, -0.15) is 0 Å². The summed E-state index contributed by atoms with van der Waals surface area (Å²) in [4.78, 5) is 27.6. The normalized spacial score (nSPS) is 18.7. The highest BCUT2D eigenvalue weighted by Crippen LogP contribution is 2.33. The van der Waals surface area contributed by atoms with Gasteiger partial charge in [0, 0.05) is 12.2 Å². The number of carbonyl (C=O) groups is 2. The topological polar surface area (TPSA) is 58.6 Å². The Bertz CT molecular complexity index is 879. The number of likely N-dealkylation sites (tertiary alicyclic amines) is 1. The monoisotopic (exact) mass is 394 g/mol. The zero-order valence-electron chi connectivity index (χ0n) is 17.7. The van der Waals surface area contributed by atoms with E-state index < -0.39 is 11.6 Å². The van der Waals surface area contributed by atoms with E-state index >= 15 is 0 Å². The predicted molar refractivity (Wildman–Crippen MR) is 115 cm³/mol. The summed E-state index contributed by atoms with van der Waals surface area (Å²) < 4.78 is 5.50. The lowest BCUT2D eigenvalue weighted by atomic mass is 9.95. The van der Waals surface area contributed by atoms with Crippen LogP contribution in [0.4, 0.5) is 10.5 Å². The van der Waals surface area contributed by atoms with Crippen molar-refractivity contribution in [2.45, 2.75) is 58.6 Å². The van der Waals surface area contributed by atoms with Crippen LogP contribution in [-0.2, 0) is 16.1 Å². The summed E-state index contributed by atoms with van der Waals surface area (Å²) in [6, 6.07) is 15.6. The van der Waals surface area contributed by atoms with Gasteiger partial charge in [0.1, 0.15) is 12.1 Å². The number of para-hydroxylation sites is 1. The molecule has 2 aromatic carbocycles. The lowest BCUT2D eigenvalue weighted by Gasteiger charge is -2.33. The van der Waals surface area contributed by atoms with E-state index in [9.17, 15) is 9.59 Å². The zero-order valence-corrected chi connectivity index (χ0v) is 17.7. The lowest BCUT2D eigenvalue weighted by Crippen LogP contribution is -2.53. The minimum Gasteiger partial charge on any atom is -0.445 e. The molecule has 1 heterocycles. The van der Waals surface area contributed by atoms with Gasteiger partial charge in [-0.3, -0.25) is 9.69 Å². The minimum atomic E-state index is -0.926. The SMILES string of the molecule is Cc1cccc(C(C)C)c1NC(=O)C1(C)CCCN1C(=O)OCc1ccccc1. The first-order valence-electron chi connectivity index (χ1n) is 10.2. The Balaban J connectivity index is 1.74. The number of hydrogen-bond acceptors (Lipinski definition) is 3. The van der Waals surface area contributed by atoms with Crippen LogP contribution >= 0.6 is 0 Å². The first kappa shape index (κ1) is 20.9. The van der Waals surface area contributed by atoms with Crippen molar-refractivity contribution in [3.8, 4) is 0 Å². The lowest BCUT2D eigenvalue weighted by molar-refractivity contribution is -0.125. The molecule has 0 radical (unpaired) electrons. The average Bonchev–Trinajstić information content (AvgIpc) is 3.11. The van der Waals surface area contributed by atoms with E-state index in [1.54, 1.807) is 4.90 Å². The van der Waals surface area contributed by atoms with E-state index in [0.717, 1.165) is 28.8 Å². The van der Waals surface area contributed by atoms with Gasteiger partial charge in [-0.1, -0.05) is 62.4 Å². The largest absolute Gasteiger partial charge is 0.445 e. The Morgan fingerprint density at radius 3 is 2.55 bits per heavy atom. The van der Waals surface area contributed by atoms with Crippen molar-refractivity contribution in [2.75, 3.05) is 11.9 Å². The smallest absolute Gasteiger partial charge is 0.410 e. The summed E-state index contributed by atoms with van der Waals surface area (Å²) in [7, 11) is 0. The third-order valence-electron chi connectivity index (χ3n) is 5.72. The van der Waals surface area contributed by atoms with Gasteiger partial charge in [0.05, 0.1) is 0 Å².